The summed E-state index contributed by atoms with van der Waals surface area (Å²) in [5.74, 6) is -0.130. The molecule has 1 aromatic heterocycles. The van der Waals surface area contributed by atoms with Gasteiger partial charge in [0.25, 0.3) is 0 Å². The smallest absolute Gasteiger partial charge is 0.160 e. The summed E-state index contributed by atoms with van der Waals surface area (Å²) in [6.45, 7) is 5.14. The minimum atomic E-state index is -0.161. The number of amidine groups is 1. The quantitative estimate of drug-likeness (QED) is 0.746. The lowest BCUT2D eigenvalue weighted by Crippen LogP contribution is -2.31. The molecule has 4 nitrogen and oxygen atoms in total. The Morgan fingerprint density at radius 1 is 1.11 bits per heavy atom. The Hall–Kier alpha value is -2.08. The molecule has 0 amide bonds. The zero-order valence-electron chi connectivity index (χ0n) is 16.1. The highest BCUT2D eigenvalue weighted by Crippen LogP contribution is 2.48. The number of hydrogen-bond donors (Lipinski definition) is 0. The number of rotatable bonds is 3. The Morgan fingerprint density at radius 3 is 2.71 bits per heavy atom. The van der Waals surface area contributed by atoms with Crippen LogP contribution in [0.25, 0.3) is 0 Å². The molecule has 0 unspecified atom stereocenters. The number of nitrogens with zero attached hydrogens (tertiary/aromatic N) is 4. The van der Waals surface area contributed by atoms with Gasteiger partial charge in [0.1, 0.15) is 11.9 Å². The number of piperidine rings is 1. The van der Waals surface area contributed by atoms with Crippen LogP contribution in [0.4, 0.5) is 10.1 Å². The van der Waals surface area contributed by atoms with E-state index in [0.717, 1.165) is 41.7 Å². The molecule has 0 radical (unpaired) electrons. The first kappa shape index (κ1) is 18.0. The van der Waals surface area contributed by atoms with E-state index in [0.29, 0.717) is 5.25 Å². The first-order valence-corrected chi connectivity index (χ1v) is 11.0. The second-order valence-corrected chi connectivity index (χ2v) is 9.30. The molecule has 5 rings (SSSR count). The van der Waals surface area contributed by atoms with Gasteiger partial charge in [-0.05, 0) is 43.5 Å². The summed E-state index contributed by atoms with van der Waals surface area (Å²) in [6.07, 6.45) is 5.44. The molecule has 0 N–H and O–H groups in total. The molecule has 3 atom stereocenters. The van der Waals surface area contributed by atoms with Gasteiger partial charge in [0.15, 0.2) is 5.17 Å². The summed E-state index contributed by atoms with van der Waals surface area (Å²) < 4.78 is 15.4. The number of anilines is 1. The number of benzene rings is 1. The van der Waals surface area contributed by atoms with Crippen LogP contribution in [0, 0.1) is 5.82 Å². The highest BCUT2D eigenvalue weighted by Gasteiger charge is 2.44. The first-order valence-electron chi connectivity index (χ1n) is 10.2. The number of aliphatic imine (C=N–C) groups is 1. The molecule has 4 heterocycles. The molecule has 2 fully saturated rings. The van der Waals surface area contributed by atoms with Gasteiger partial charge in [-0.1, -0.05) is 30.8 Å². The molecular weight excluding hydrogens is 371 g/mol. The lowest BCUT2D eigenvalue weighted by atomic mass is 9.95. The van der Waals surface area contributed by atoms with Crippen LogP contribution in [0.15, 0.2) is 47.6 Å². The zero-order valence-corrected chi connectivity index (χ0v) is 16.9. The van der Waals surface area contributed by atoms with E-state index in [2.05, 4.69) is 27.8 Å². The molecule has 1 aromatic carbocycles. The summed E-state index contributed by atoms with van der Waals surface area (Å²) in [5, 5.41) is 1.49. The second-order valence-electron chi connectivity index (χ2n) is 7.89. The van der Waals surface area contributed by atoms with E-state index in [1.165, 1.54) is 19.3 Å². The predicted octanol–water partition coefficient (Wildman–Crippen LogP) is 4.80. The van der Waals surface area contributed by atoms with Gasteiger partial charge >= 0.3 is 0 Å². The average molecular weight is 397 g/mol. The van der Waals surface area contributed by atoms with Crippen LogP contribution in [0.1, 0.15) is 49.5 Å². The lowest BCUT2D eigenvalue weighted by molar-refractivity contribution is 0.313. The summed E-state index contributed by atoms with van der Waals surface area (Å²) >= 11 is 1.78. The van der Waals surface area contributed by atoms with Crippen molar-refractivity contribution >= 4 is 22.6 Å². The Bertz CT molecular complexity index is 881. The van der Waals surface area contributed by atoms with Gasteiger partial charge < -0.3 is 9.80 Å². The summed E-state index contributed by atoms with van der Waals surface area (Å²) in [5.41, 5.74) is 2.63. The first-order chi connectivity index (χ1) is 13.7. The Balaban J connectivity index is 1.50. The van der Waals surface area contributed by atoms with Gasteiger partial charge in [0.2, 0.25) is 0 Å². The zero-order chi connectivity index (χ0) is 19.1. The van der Waals surface area contributed by atoms with Crippen molar-refractivity contribution in [2.24, 2.45) is 4.99 Å². The van der Waals surface area contributed by atoms with Crippen molar-refractivity contribution in [1.29, 1.82) is 0 Å². The van der Waals surface area contributed by atoms with Crippen LogP contribution in [0.5, 0.6) is 0 Å². The van der Waals surface area contributed by atoms with Crippen molar-refractivity contribution in [2.45, 2.75) is 43.5 Å². The van der Waals surface area contributed by atoms with Crippen molar-refractivity contribution in [3.05, 3.63) is 59.7 Å². The Labute approximate surface area is 169 Å². The van der Waals surface area contributed by atoms with Crippen LogP contribution in [0.2, 0.25) is 0 Å². The fourth-order valence-electron chi connectivity index (χ4n) is 4.56. The van der Waals surface area contributed by atoms with Gasteiger partial charge in [-0.15, -0.1) is 0 Å². The van der Waals surface area contributed by atoms with E-state index in [4.69, 9.17) is 4.99 Å². The molecule has 0 bridgehead atoms. The molecule has 0 saturated carbocycles. The molecule has 6 heteroatoms. The van der Waals surface area contributed by atoms with Gasteiger partial charge in [-0.2, -0.15) is 0 Å². The summed E-state index contributed by atoms with van der Waals surface area (Å²) in [7, 11) is 0. The third kappa shape index (κ3) is 3.17. The number of halogens is 1. The third-order valence-electron chi connectivity index (χ3n) is 5.91. The maximum atomic E-state index is 15.4. The minimum Gasteiger partial charge on any atom is -0.371 e. The van der Waals surface area contributed by atoms with Crippen molar-refractivity contribution in [2.75, 3.05) is 24.5 Å². The standard InChI is InChI=1S/C22H25FN4S/c1-15-14-27-21(20(25-22(27)28-15)19-7-3-4-10-24-19)17-9-8-16(13-18(17)23)26-11-5-2-6-12-26/h3-4,7-10,13,15,20-21H,2,5-6,11-12,14H2,1H3/t15-,20+,21-/m1/s1. The molecule has 146 valence electrons. The van der Waals surface area contributed by atoms with E-state index in [-0.39, 0.29) is 17.9 Å². The van der Waals surface area contributed by atoms with E-state index >= 15 is 4.39 Å². The number of aromatic nitrogens is 1. The minimum absolute atomic E-state index is 0.127. The second kappa shape index (κ2) is 7.39. The van der Waals surface area contributed by atoms with Crippen molar-refractivity contribution in [3.8, 4) is 0 Å². The molecule has 2 saturated heterocycles. The third-order valence-corrected chi connectivity index (χ3v) is 7.01. The average Bonchev–Trinajstić information content (AvgIpc) is 3.25. The van der Waals surface area contributed by atoms with Crippen LogP contribution in [-0.4, -0.2) is 39.9 Å². The van der Waals surface area contributed by atoms with E-state index in [1.807, 2.05) is 24.3 Å². The van der Waals surface area contributed by atoms with Gasteiger partial charge in [-0.25, -0.2) is 4.39 Å². The highest BCUT2D eigenvalue weighted by molar-refractivity contribution is 8.14. The normalized spacial score (nSPS) is 27.1. The predicted molar refractivity (Wildman–Crippen MR) is 113 cm³/mol. The molecule has 0 spiro atoms. The monoisotopic (exact) mass is 396 g/mol. The number of pyridine rings is 1. The van der Waals surface area contributed by atoms with Crippen molar-refractivity contribution in [3.63, 3.8) is 0 Å². The SMILES string of the molecule is C[C@@H]1CN2C(=N[C@@H](c3ccccn3)[C@H]2c2ccc(N3CCCCC3)cc2F)S1. The maximum Gasteiger partial charge on any atom is 0.160 e. The molecule has 2 aromatic rings. The van der Waals surface area contributed by atoms with Crippen LogP contribution < -0.4 is 4.90 Å². The molecule has 3 aliphatic heterocycles. The maximum absolute atomic E-state index is 15.4. The highest BCUT2D eigenvalue weighted by atomic mass is 32.2. The van der Waals surface area contributed by atoms with E-state index < -0.39 is 0 Å². The number of thioether (sulfide) groups is 1. The van der Waals surface area contributed by atoms with Crippen LogP contribution >= 0.6 is 11.8 Å². The molecular formula is C22H25FN4S. The number of fused-ring (bicyclic) bond motifs is 1. The van der Waals surface area contributed by atoms with Gasteiger partial charge in [0, 0.05) is 42.3 Å². The van der Waals surface area contributed by atoms with Crippen molar-refractivity contribution in [1.82, 2.24) is 9.88 Å². The summed E-state index contributed by atoms with van der Waals surface area (Å²) in [6, 6.07) is 11.4. The summed E-state index contributed by atoms with van der Waals surface area (Å²) in [4.78, 5) is 14.1. The molecule has 0 aliphatic carbocycles. The fourth-order valence-corrected chi connectivity index (χ4v) is 5.65. The fraction of sp³-hybridized carbons (Fsp3) is 0.455. The van der Waals surface area contributed by atoms with Crippen LogP contribution in [-0.2, 0) is 0 Å². The van der Waals surface area contributed by atoms with E-state index in [1.54, 1.807) is 24.0 Å². The Morgan fingerprint density at radius 2 is 1.96 bits per heavy atom. The lowest BCUT2D eigenvalue weighted by Gasteiger charge is -2.31. The van der Waals surface area contributed by atoms with Crippen molar-refractivity contribution < 1.29 is 4.39 Å². The van der Waals surface area contributed by atoms with Crippen LogP contribution in [0.3, 0.4) is 0 Å². The molecule has 28 heavy (non-hydrogen) atoms. The van der Waals surface area contributed by atoms with Gasteiger partial charge in [0.05, 0.1) is 11.7 Å². The molecule has 3 aliphatic rings. The largest absolute Gasteiger partial charge is 0.371 e. The topological polar surface area (TPSA) is 31.7 Å². The Kier molecular flexibility index (Phi) is 4.75. The number of hydrogen-bond acceptors (Lipinski definition) is 5. The van der Waals surface area contributed by atoms with E-state index in [9.17, 15) is 0 Å². The van der Waals surface area contributed by atoms with Gasteiger partial charge in [-0.3, -0.25) is 9.98 Å².